The van der Waals surface area contributed by atoms with Crippen molar-refractivity contribution in [3.05, 3.63) is 21.4 Å². The number of likely N-dealkylation sites (tertiary alicyclic amines) is 1. The van der Waals surface area contributed by atoms with Crippen molar-refractivity contribution in [3.63, 3.8) is 0 Å². The molecule has 1 saturated carbocycles. The summed E-state index contributed by atoms with van der Waals surface area (Å²) in [5.74, 6) is 1.71. The van der Waals surface area contributed by atoms with E-state index >= 15 is 0 Å². The molecule has 2 atom stereocenters. The first kappa shape index (κ1) is 13.6. The molecule has 0 amide bonds. The minimum Gasteiger partial charge on any atom is -0.309 e. The molecule has 3 heteroatoms. The summed E-state index contributed by atoms with van der Waals surface area (Å²) in [7, 11) is 0. The molecule has 0 bridgehead atoms. The average molecular weight is 278 g/mol. The Balaban J connectivity index is 1.57. The van der Waals surface area contributed by atoms with E-state index in [1.54, 1.807) is 5.56 Å². The number of hydrogen-bond donors (Lipinski definition) is 1. The van der Waals surface area contributed by atoms with E-state index in [0.717, 1.165) is 31.0 Å². The van der Waals surface area contributed by atoms with Crippen molar-refractivity contribution in [2.75, 3.05) is 13.1 Å². The fourth-order valence-electron chi connectivity index (χ4n) is 2.98. The molecule has 1 aliphatic heterocycles. The van der Waals surface area contributed by atoms with Crippen LogP contribution in [0, 0.1) is 18.8 Å². The van der Waals surface area contributed by atoms with Gasteiger partial charge in [-0.25, -0.2) is 0 Å². The van der Waals surface area contributed by atoms with Gasteiger partial charge in [-0.15, -0.1) is 11.3 Å². The third-order valence-electron chi connectivity index (χ3n) is 4.67. The molecule has 1 saturated heterocycles. The second-order valence-corrected chi connectivity index (χ2v) is 7.94. The Morgan fingerprint density at radius 2 is 1.95 bits per heavy atom. The van der Waals surface area contributed by atoms with Gasteiger partial charge in [0, 0.05) is 42.0 Å². The zero-order valence-electron chi connectivity index (χ0n) is 12.4. The number of rotatable bonds is 5. The van der Waals surface area contributed by atoms with E-state index in [4.69, 9.17) is 0 Å². The first-order valence-electron chi connectivity index (χ1n) is 7.65. The lowest BCUT2D eigenvalue weighted by atomic mass is 10.0. The van der Waals surface area contributed by atoms with Crippen molar-refractivity contribution in [1.29, 1.82) is 0 Å². The molecule has 19 heavy (non-hydrogen) atoms. The zero-order chi connectivity index (χ0) is 13.4. The molecular formula is C16H26N2S. The second-order valence-electron chi connectivity index (χ2n) is 6.60. The lowest BCUT2D eigenvalue weighted by Gasteiger charge is -2.14. The molecule has 2 aliphatic rings. The van der Waals surface area contributed by atoms with E-state index in [0.29, 0.717) is 0 Å². The molecule has 2 heterocycles. The molecule has 1 aromatic heterocycles. The summed E-state index contributed by atoms with van der Waals surface area (Å²) in [6.45, 7) is 11.8. The Morgan fingerprint density at radius 1 is 1.26 bits per heavy atom. The van der Waals surface area contributed by atoms with Crippen LogP contribution in [0.3, 0.4) is 0 Å². The third-order valence-corrected chi connectivity index (χ3v) is 5.76. The van der Waals surface area contributed by atoms with Crippen molar-refractivity contribution in [3.8, 4) is 0 Å². The fourth-order valence-corrected chi connectivity index (χ4v) is 3.99. The minimum absolute atomic E-state index is 0.811. The van der Waals surface area contributed by atoms with Gasteiger partial charge in [0.25, 0.3) is 0 Å². The van der Waals surface area contributed by atoms with Crippen molar-refractivity contribution < 1.29 is 0 Å². The van der Waals surface area contributed by atoms with Crippen LogP contribution in [-0.4, -0.2) is 24.0 Å². The smallest absolute Gasteiger partial charge is 0.0302 e. The molecule has 2 nitrogen and oxygen atoms in total. The minimum atomic E-state index is 0.811. The van der Waals surface area contributed by atoms with Crippen molar-refractivity contribution >= 4 is 11.3 Å². The molecule has 1 N–H and O–H groups in total. The number of nitrogens with zero attached hydrogens (tertiary/aromatic N) is 1. The van der Waals surface area contributed by atoms with Crippen LogP contribution in [0.5, 0.6) is 0 Å². The lowest BCUT2D eigenvalue weighted by molar-refractivity contribution is 0.316. The Bertz CT molecular complexity index is 426. The summed E-state index contributed by atoms with van der Waals surface area (Å²) in [6, 6.07) is 3.24. The van der Waals surface area contributed by atoms with Crippen LogP contribution < -0.4 is 5.32 Å². The zero-order valence-corrected chi connectivity index (χ0v) is 13.2. The van der Waals surface area contributed by atoms with E-state index < -0.39 is 0 Å². The molecule has 3 rings (SSSR count). The Kier molecular flexibility index (Phi) is 3.97. The molecule has 2 unspecified atom stereocenters. The van der Waals surface area contributed by atoms with Gasteiger partial charge in [0.1, 0.15) is 0 Å². The third kappa shape index (κ3) is 3.39. The van der Waals surface area contributed by atoms with Crippen LogP contribution >= 0.6 is 11.3 Å². The Labute approximate surface area is 121 Å². The van der Waals surface area contributed by atoms with Gasteiger partial charge in [0.05, 0.1) is 0 Å². The summed E-state index contributed by atoms with van der Waals surface area (Å²) in [5.41, 5.74) is 1.55. The van der Waals surface area contributed by atoms with Gasteiger partial charge < -0.3 is 5.32 Å². The summed E-state index contributed by atoms with van der Waals surface area (Å²) < 4.78 is 0. The largest absolute Gasteiger partial charge is 0.309 e. The highest BCUT2D eigenvalue weighted by atomic mass is 32.1. The van der Waals surface area contributed by atoms with E-state index in [1.807, 2.05) is 11.3 Å². The van der Waals surface area contributed by atoms with E-state index in [9.17, 15) is 0 Å². The van der Waals surface area contributed by atoms with E-state index in [2.05, 4.69) is 37.1 Å². The van der Waals surface area contributed by atoms with Crippen LogP contribution in [0.15, 0.2) is 6.07 Å². The van der Waals surface area contributed by atoms with Gasteiger partial charge >= 0.3 is 0 Å². The number of nitrogens with one attached hydrogen (secondary N) is 1. The monoisotopic (exact) mass is 278 g/mol. The fraction of sp³-hybridized carbons (Fsp3) is 0.750. The van der Waals surface area contributed by atoms with Crippen molar-refractivity contribution in [1.82, 2.24) is 10.2 Å². The predicted molar refractivity (Wildman–Crippen MR) is 82.5 cm³/mol. The summed E-state index contributed by atoms with van der Waals surface area (Å²) in [6.07, 6.45) is 2.75. The van der Waals surface area contributed by atoms with Gasteiger partial charge in [-0.2, -0.15) is 0 Å². The Morgan fingerprint density at radius 3 is 2.58 bits per heavy atom. The quantitative estimate of drug-likeness (QED) is 0.888. The molecule has 0 spiro atoms. The SMILES string of the molecule is Cc1sc(CNC2CC2)cc1CN1CC(C)C(C)C1. The van der Waals surface area contributed by atoms with Crippen LogP contribution in [0.1, 0.15) is 42.0 Å². The summed E-state index contributed by atoms with van der Waals surface area (Å²) >= 11 is 1.98. The normalized spacial score (nSPS) is 28.2. The molecular weight excluding hydrogens is 252 g/mol. The number of thiophene rings is 1. The summed E-state index contributed by atoms with van der Waals surface area (Å²) in [4.78, 5) is 5.65. The molecule has 0 aromatic carbocycles. The highest BCUT2D eigenvalue weighted by Crippen LogP contribution is 2.28. The highest BCUT2D eigenvalue weighted by molar-refractivity contribution is 7.12. The number of aryl methyl sites for hydroxylation is 1. The standard InChI is InChI=1S/C16H26N2S/c1-11-8-18(9-12(11)2)10-14-6-16(19-13(14)3)7-17-15-4-5-15/h6,11-12,15,17H,4-5,7-10H2,1-3H3. The van der Waals surface area contributed by atoms with Gasteiger partial charge in [-0.3, -0.25) is 4.90 Å². The first-order valence-corrected chi connectivity index (χ1v) is 8.47. The molecule has 2 fully saturated rings. The predicted octanol–water partition coefficient (Wildman–Crippen LogP) is 3.40. The highest BCUT2D eigenvalue weighted by Gasteiger charge is 2.26. The van der Waals surface area contributed by atoms with E-state index in [-0.39, 0.29) is 0 Å². The van der Waals surface area contributed by atoms with Gasteiger partial charge in [-0.1, -0.05) is 13.8 Å². The topological polar surface area (TPSA) is 15.3 Å². The van der Waals surface area contributed by atoms with Gasteiger partial charge in [-0.05, 0) is 43.2 Å². The van der Waals surface area contributed by atoms with Crippen LogP contribution in [0.2, 0.25) is 0 Å². The van der Waals surface area contributed by atoms with Gasteiger partial charge in [0.15, 0.2) is 0 Å². The van der Waals surface area contributed by atoms with Crippen LogP contribution in [0.4, 0.5) is 0 Å². The van der Waals surface area contributed by atoms with Crippen LogP contribution in [-0.2, 0) is 13.1 Å². The summed E-state index contributed by atoms with van der Waals surface area (Å²) in [5, 5.41) is 3.62. The maximum absolute atomic E-state index is 3.62. The average Bonchev–Trinajstić information content (AvgIpc) is 3.05. The Hall–Kier alpha value is -0.380. The van der Waals surface area contributed by atoms with Crippen molar-refractivity contribution in [2.45, 2.75) is 52.7 Å². The van der Waals surface area contributed by atoms with E-state index in [1.165, 1.54) is 35.7 Å². The maximum atomic E-state index is 3.62. The van der Waals surface area contributed by atoms with Crippen LogP contribution in [0.25, 0.3) is 0 Å². The lowest BCUT2D eigenvalue weighted by Crippen LogP contribution is -2.20. The first-order chi connectivity index (χ1) is 9.11. The molecule has 0 radical (unpaired) electrons. The molecule has 1 aromatic rings. The van der Waals surface area contributed by atoms with Crippen molar-refractivity contribution in [2.24, 2.45) is 11.8 Å². The molecule has 1 aliphatic carbocycles. The van der Waals surface area contributed by atoms with Gasteiger partial charge in [0.2, 0.25) is 0 Å². The maximum Gasteiger partial charge on any atom is 0.0302 e. The second kappa shape index (κ2) is 5.55. The molecule has 106 valence electrons. The number of hydrogen-bond acceptors (Lipinski definition) is 3.